The first kappa shape index (κ1) is 34.0. The molecule has 14 heteroatoms. The fraction of sp³-hybridized carbons (Fsp3) is 1.00. The highest BCUT2D eigenvalue weighted by Gasteiger charge is 2.58. The van der Waals surface area contributed by atoms with Gasteiger partial charge in [0.25, 0.3) is 0 Å². The molecular weight excluding hydrogens is 525 g/mol. The van der Waals surface area contributed by atoms with Crippen LogP contribution in [0.25, 0.3) is 0 Å². The molecule has 0 aromatic carbocycles. The highest BCUT2D eigenvalue weighted by Crippen LogP contribution is 2.40. The molecule has 3 unspecified atom stereocenters. The quantitative estimate of drug-likeness (QED) is 0.196. The molecule has 0 aromatic rings. The van der Waals surface area contributed by atoms with E-state index in [1.54, 1.807) is 6.55 Å². The topological polar surface area (TPSA) is 107 Å². The van der Waals surface area contributed by atoms with Crippen LogP contribution < -0.4 is 0 Å². The van der Waals surface area contributed by atoms with Gasteiger partial charge in [-0.05, 0) is 85.0 Å². The second-order valence-corrected chi connectivity index (χ2v) is 36.0. The van der Waals surface area contributed by atoms with Gasteiger partial charge in [0, 0.05) is 6.55 Å². The van der Waals surface area contributed by atoms with E-state index >= 15 is 0 Å². The van der Waals surface area contributed by atoms with Crippen LogP contribution in [0.4, 0.5) is 0 Å². The van der Waals surface area contributed by atoms with Crippen LogP contribution in [0.5, 0.6) is 0 Å². The zero-order valence-corrected chi connectivity index (χ0v) is 29.5. The Morgan fingerprint density at radius 1 is 0.727 bits per heavy atom. The molecule has 8 nitrogen and oxygen atoms in total. The largest absolute Gasteiger partial charge is 0.478 e. The van der Waals surface area contributed by atoms with E-state index in [0.29, 0.717) is 6.42 Å². The van der Waals surface area contributed by atoms with E-state index < -0.39 is 75.4 Å². The first-order chi connectivity index (χ1) is 14.4. The number of rotatable bonds is 15. The fourth-order valence-electron chi connectivity index (χ4n) is 3.37. The summed E-state index contributed by atoms with van der Waals surface area (Å²) in [5, 5.41) is 32.9. The van der Waals surface area contributed by atoms with Gasteiger partial charge in [-0.2, -0.15) is 0 Å². The maximum atomic E-state index is 12.0. The number of aliphatic hydroxyl groups excluding tert-OH is 2. The SMILES string of the molecule is CCC([Si](O[Si](C)(C)C)O[Si](C)(C)C)C(O)(O[Si](C)(O[Si](C)(C)C)O[Si](C)(C)C)C(O)CO. The normalized spacial score (nSPS) is 18.4. The summed E-state index contributed by atoms with van der Waals surface area (Å²) in [5.74, 6) is -2.14. The molecule has 3 atom stereocenters. The predicted molar refractivity (Wildman–Crippen MR) is 148 cm³/mol. The number of hydrogen-bond donors (Lipinski definition) is 3. The van der Waals surface area contributed by atoms with Gasteiger partial charge in [-0.3, -0.25) is 0 Å². The molecule has 0 saturated carbocycles. The molecule has 0 amide bonds. The first-order valence-corrected chi connectivity index (χ1v) is 29.0. The molecule has 199 valence electrons. The molecule has 0 aromatic heterocycles. The lowest BCUT2D eigenvalue weighted by atomic mass is 10.0. The van der Waals surface area contributed by atoms with Gasteiger partial charge >= 0.3 is 18.1 Å². The average molecular weight is 576 g/mol. The van der Waals surface area contributed by atoms with E-state index in [1.807, 2.05) is 46.2 Å². The lowest BCUT2D eigenvalue weighted by Gasteiger charge is -2.48. The van der Waals surface area contributed by atoms with Crippen molar-refractivity contribution in [2.75, 3.05) is 6.61 Å². The minimum absolute atomic E-state index is 0.432. The van der Waals surface area contributed by atoms with Gasteiger partial charge in [0.15, 0.2) is 39.1 Å². The van der Waals surface area contributed by atoms with E-state index in [1.165, 1.54) is 0 Å². The summed E-state index contributed by atoms with van der Waals surface area (Å²) in [6.45, 7) is 27.6. The smallest absolute Gasteiger partial charge is 0.435 e. The minimum atomic E-state index is -3.45. The Labute approximate surface area is 209 Å². The third-order valence-corrected chi connectivity index (χ3v) is 20.5. The van der Waals surface area contributed by atoms with Crippen molar-refractivity contribution in [1.29, 1.82) is 0 Å². The van der Waals surface area contributed by atoms with Gasteiger partial charge < -0.3 is 36.2 Å². The molecule has 0 fully saturated rings. The van der Waals surface area contributed by atoms with Gasteiger partial charge in [-0.15, -0.1) is 0 Å². The van der Waals surface area contributed by atoms with Crippen molar-refractivity contribution in [2.24, 2.45) is 0 Å². The lowest BCUT2D eigenvalue weighted by molar-refractivity contribution is -0.237. The van der Waals surface area contributed by atoms with E-state index in [2.05, 4.69) is 39.3 Å². The van der Waals surface area contributed by atoms with E-state index in [0.717, 1.165) is 0 Å². The molecule has 33 heavy (non-hydrogen) atoms. The van der Waals surface area contributed by atoms with Crippen LogP contribution in [0.1, 0.15) is 13.3 Å². The summed E-state index contributed by atoms with van der Waals surface area (Å²) in [4.78, 5) is 0. The maximum Gasteiger partial charge on any atom is 0.478 e. The Bertz CT molecular complexity index is 567. The monoisotopic (exact) mass is 575 g/mol. The lowest BCUT2D eigenvalue weighted by Crippen LogP contribution is -2.65. The zero-order chi connectivity index (χ0) is 26.7. The predicted octanol–water partition coefficient (Wildman–Crippen LogP) is 4.29. The van der Waals surface area contributed by atoms with E-state index in [4.69, 9.17) is 20.9 Å². The molecule has 0 heterocycles. The van der Waals surface area contributed by atoms with Crippen LogP contribution in [-0.2, 0) is 20.9 Å². The molecule has 0 saturated heterocycles. The van der Waals surface area contributed by atoms with Gasteiger partial charge in [0.1, 0.15) is 6.10 Å². The van der Waals surface area contributed by atoms with Crippen molar-refractivity contribution in [3.8, 4) is 0 Å². The van der Waals surface area contributed by atoms with E-state index in [9.17, 15) is 15.3 Å². The Morgan fingerprint density at radius 3 is 1.33 bits per heavy atom. The van der Waals surface area contributed by atoms with Crippen molar-refractivity contribution >= 4 is 51.4 Å². The molecule has 3 N–H and O–H groups in total. The Morgan fingerprint density at radius 2 is 1.09 bits per heavy atom. The summed E-state index contributed by atoms with van der Waals surface area (Å²) in [7, 11) is -14.0. The van der Waals surface area contributed by atoms with Gasteiger partial charge in [-0.25, -0.2) is 0 Å². The van der Waals surface area contributed by atoms with Crippen molar-refractivity contribution in [2.45, 2.75) is 116 Å². The van der Waals surface area contributed by atoms with Crippen LogP contribution in [0.15, 0.2) is 0 Å². The van der Waals surface area contributed by atoms with Crippen LogP contribution >= 0.6 is 0 Å². The van der Waals surface area contributed by atoms with Crippen LogP contribution in [-0.4, -0.2) is 85.2 Å². The number of hydrogen-bond acceptors (Lipinski definition) is 8. The standard InChI is InChI=1S/C19H51O8Si6/c1-15-18(28(24-29(2,3)4)25-30(5,6)7)19(22,17(21)16-20)23-33(14,26-31(8,9)10)27-32(11,12)13/h17-18,20-22H,15-16H2,1-14H3. The summed E-state index contributed by atoms with van der Waals surface area (Å²) < 4.78 is 32.3. The first-order valence-electron chi connectivity index (χ1n) is 11.7. The summed E-state index contributed by atoms with van der Waals surface area (Å²) >= 11 is 0. The van der Waals surface area contributed by atoms with Crippen molar-refractivity contribution in [3.63, 3.8) is 0 Å². The zero-order valence-electron chi connectivity index (χ0n) is 23.5. The molecular formula is C19H51O8Si6. The molecule has 0 aliphatic heterocycles. The maximum absolute atomic E-state index is 12.0. The van der Waals surface area contributed by atoms with Crippen LogP contribution in [0.3, 0.4) is 0 Å². The Kier molecular flexibility index (Phi) is 12.4. The molecule has 0 aliphatic carbocycles. The number of aliphatic hydroxyl groups is 3. The third-order valence-electron chi connectivity index (χ3n) is 3.99. The third kappa shape index (κ3) is 13.2. The summed E-state index contributed by atoms with van der Waals surface area (Å²) in [6.07, 6.45) is -1.14. The molecule has 0 rings (SSSR count). The second-order valence-electron chi connectivity index (χ2n) is 12.6. The fourth-order valence-corrected chi connectivity index (χ4v) is 21.6. The summed E-state index contributed by atoms with van der Waals surface area (Å²) in [6, 6.07) is 0. The van der Waals surface area contributed by atoms with Gasteiger partial charge in [0.2, 0.25) is 0 Å². The molecule has 0 aliphatic rings. The molecule has 1 radical (unpaired) electrons. The van der Waals surface area contributed by atoms with Crippen molar-refractivity contribution in [3.05, 3.63) is 0 Å². The summed E-state index contributed by atoms with van der Waals surface area (Å²) in [5.41, 5.74) is -0.676. The van der Waals surface area contributed by atoms with Gasteiger partial charge in [0.05, 0.1) is 12.1 Å². The second kappa shape index (κ2) is 12.0. The molecule has 0 bridgehead atoms. The highest BCUT2D eigenvalue weighted by molar-refractivity contribution is 6.85. The van der Waals surface area contributed by atoms with Crippen LogP contribution in [0.2, 0.25) is 90.7 Å². The minimum Gasteiger partial charge on any atom is -0.435 e. The van der Waals surface area contributed by atoms with Crippen molar-refractivity contribution < 1.29 is 36.2 Å². The van der Waals surface area contributed by atoms with Gasteiger partial charge in [-0.1, -0.05) is 6.92 Å². The average Bonchev–Trinajstić information content (AvgIpc) is 2.46. The van der Waals surface area contributed by atoms with E-state index in [-0.39, 0.29) is 0 Å². The molecule has 0 spiro atoms. The van der Waals surface area contributed by atoms with Crippen molar-refractivity contribution in [1.82, 2.24) is 0 Å². The van der Waals surface area contributed by atoms with Crippen LogP contribution in [0, 0.1) is 0 Å². The highest BCUT2D eigenvalue weighted by atomic mass is 28.5. The Hall–Kier alpha value is 0.981. The Balaban J connectivity index is 6.62.